The molecular formula is C14H28N2. The number of nitrogens with two attached hydrogens (primary N) is 1. The van der Waals surface area contributed by atoms with Crippen LogP contribution >= 0.6 is 0 Å². The van der Waals surface area contributed by atoms with Gasteiger partial charge in [-0.15, -0.1) is 0 Å². The Hall–Kier alpha value is -0.0800. The third-order valence-corrected chi connectivity index (χ3v) is 4.85. The van der Waals surface area contributed by atoms with Crippen LogP contribution < -0.4 is 5.73 Å². The van der Waals surface area contributed by atoms with Crippen molar-refractivity contribution < 1.29 is 0 Å². The third kappa shape index (κ3) is 2.78. The molecule has 1 heterocycles. The second-order valence-electron chi connectivity index (χ2n) is 6.06. The molecule has 1 saturated carbocycles. The first-order valence-electron chi connectivity index (χ1n) is 7.20. The first-order chi connectivity index (χ1) is 7.78. The number of hydrogen-bond donors (Lipinski definition) is 1. The molecule has 1 aliphatic carbocycles. The second kappa shape index (κ2) is 5.50. The molecule has 0 aromatic carbocycles. The van der Waals surface area contributed by atoms with Crippen LogP contribution in [0.3, 0.4) is 0 Å². The van der Waals surface area contributed by atoms with E-state index in [9.17, 15) is 0 Å². The van der Waals surface area contributed by atoms with Gasteiger partial charge in [-0.2, -0.15) is 0 Å². The molecule has 0 bridgehead atoms. The Labute approximate surface area is 101 Å². The number of likely N-dealkylation sites (tertiary alicyclic amines) is 1. The highest BCUT2D eigenvalue weighted by Gasteiger charge is 2.34. The zero-order valence-electron chi connectivity index (χ0n) is 10.9. The quantitative estimate of drug-likeness (QED) is 0.795. The van der Waals surface area contributed by atoms with Crippen molar-refractivity contribution in [3.63, 3.8) is 0 Å². The maximum atomic E-state index is 6.06. The first kappa shape index (κ1) is 12.4. The summed E-state index contributed by atoms with van der Waals surface area (Å²) in [6, 6.07) is 0. The average molecular weight is 224 g/mol. The van der Waals surface area contributed by atoms with Crippen LogP contribution in [0.5, 0.6) is 0 Å². The zero-order valence-corrected chi connectivity index (χ0v) is 10.9. The van der Waals surface area contributed by atoms with E-state index in [1.807, 2.05) is 0 Å². The summed E-state index contributed by atoms with van der Waals surface area (Å²) in [5.74, 6) is 0.957. The van der Waals surface area contributed by atoms with Gasteiger partial charge in [0.15, 0.2) is 0 Å². The predicted molar refractivity (Wildman–Crippen MR) is 69.4 cm³/mol. The zero-order chi connectivity index (χ0) is 11.4. The number of rotatable bonds is 4. The van der Waals surface area contributed by atoms with E-state index < -0.39 is 0 Å². The van der Waals surface area contributed by atoms with Crippen molar-refractivity contribution in [2.45, 2.75) is 51.9 Å². The molecule has 0 aromatic rings. The lowest BCUT2D eigenvalue weighted by Crippen LogP contribution is -2.43. The summed E-state index contributed by atoms with van der Waals surface area (Å²) in [6.07, 6.45) is 9.75. The lowest BCUT2D eigenvalue weighted by Gasteiger charge is -2.39. The SMILES string of the molecule is CCC1CCN(CC2(CN)CCCCC2)C1. The fourth-order valence-electron chi connectivity index (χ4n) is 3.59. The second-order valence-corrected chi connectivity index (χ2v) is 6.06. The van der Waals surface area contributed by atoms with Crippen LogP contribution in [-0.4, -0.2) is 31.1 Å². The number of nitrogens with zero attached hydrogens (tertiary/aromatic N) is 1. The van der Waals surface area contributed by atoms with E-state index in [4.69, 9.17) is 5.73 Å². The van der Waals surface area contributed by atoms with Crippen LogP contribution in [-0.2, 0) is 0 Å². The molecule has 94 valence electrons. The van der Waals surface area contributed by atoms with Crippen molar-refractivity contribution in [2.75, 3.05) is 26.2 Å². The van der Waals surface area contributed by atoms with E-state index in [0.717, 1.165) is 12.5 Å². The third-order valence-electron chi connectivity index (χ3n) is 4.85. The summed E-state index contributed by atoms with van der Waals surface area (Å²) in [5.41, 5.74) is 6.53. The fraction of sp³-hybridized carbons (Fsp3) is 1.00. The number of hydrogen-bond acceptors (Lipinski definition) is 2. The maximum absolute atomic E-state index is 6.06. The van der Waals surface area contributed by atoms with Crippen molar-refractivity contribution >= 4 is 0 Å². The Morgan fingerprint density at radius 3 is 2.56 bits per heavy atom. The first-order valence-corrected chi connectivity index (χ1v) is 7.20. The Bertz CT molecular complexity index is 209. The van der Waals surface area contributed by atoms with Gasteiger partial charge >= 0.3 is 0 Å². The Morgan fingerprint density at radius 1 is 1.25 bits per heavy atom. The van der Waals surface area contributed by atoms with E-state index >= 15 is 0 Å². The largest absolute Gasteiger partial charge is 0.330 e. The normalized spacial score (nSPS) is 30.8. The van der Waals surface area contributed by atoms with E-state index in [2.05, 4.69) is 11.8 Å². The molecule has 2 aliphatic rings. The molecule has 16 heavy (non-hydrogen) atoms. The van der Waals surface area contributed by atoms with E-state index in [1.165, 1.54) is 64.6 Å². The summed E-state index contributed by atoms with van der Waals surface area (Å²) in [4.78, 5) is 2.69. The van der Waals surface area contributed by atoms with Crippen molar-refractivity contribution in [3.05, 3.63) is 0 Å². The summed E-state index contributed by atoms with van der Waals surface area (Å²) < 4.78 is 0. The molecule has 2 nitrogen and oxygen atoms in total. The molecule has 0 radical (unpaired) electrons. The lowest BCUT2D eigenvalue weighted by atomic mass is 9.74. The van der Waals surface area contributed by atoms with Gasteiger partial charge in [0, 0.05) is 13.1 Å². The fourth-order valence-corrected chi connectivity index (χ4v) is 3.59. The maximum Gasteiger partial charge on any atom is 0.00502 e. The van der Waals surface area contributed by atoms with Crippen LogP contribution in [0.1, 0.15) is 51.9 Å². The van der Waals surface area contributed by atoms with Crippen LogP contribution in [0, 0.1) is 11.3 Å². The molecule has 2 N–H and O–H groups in total. The van der Waals surface area contributed by atoms with Gasteiger partial charge in [0.25, 0.3) is 0 Å². The van der Waals surface area contributed by atoms with Gasteiger partial charge in [0.2, 0.25) is 0 Å². The topological polar surface area (TPSA) is 29.3 Å². The van der Waals surface area contributed by atoms with Gasteiger partial charge < -0.3 is 10.6 Å². The van der Waals surface area contributed by atoms with E-state index in [0.29, 0.717) is 5.41 Å². The van der Waals surface area contributed by atoms with Gasteiger partial charge in [0.05, 0.1) is 0 Å². The van der Waals surface area contributed by atoms with Gasteiger partial charge in [-0.25, -0.2) is 0 Å². The summed E-state index contributed by atoms with van der Waals surface area (Å²) in [5, 5.41) is 0. The summed E-state index contributed by atoms with van der Waals surface area (Å²) in [6.45, 7) is 7.16. The minimum Gasteiger partial charge on any atom is -0.330 e. The van der Waals surface area contributed by atoms with Crippen LogP contribution in [0.25, 0.3) is 0 Å². The molecular weight excluding hydrogens is 196 g/mol. The van der Waals surface area contributed by atoms with E-state index in [-0.39, 0.29) is 0 Å². The highest BCUT2D eigenvalue weighted by Crippen LogP contribution is 2.37. The van der Waals surface area contributed by atoms with Crippen LogP contribution in [0.15, 0.2) is 0 Å². The van der Waals surface area contributed by atoms with Crippen molar-refractivity contribution in [2.24, 2.45) is 17.1 Å². The van der Waals surface area contributed by atoms with Crippen molar-refractivity contribution in [1.29, 1.82) is 0 Å². The minimum absolute atomic E-state index is 0.473. The molecule has 0 spiro atoms. The molecule has 1 saturated heterocycles. The molecule has 0 aromatic heterocycles. The Morgan fingerprint density at radius 2 is 2.00 bits per heavy atom. The molecule has 2 rings (SSSR count). The van der Waals surface area contributed by atoms with Gasteiger partial charge in [0.1, 0.15) is 0 Å². The van der Waals surface area contributed by atoms with Gasteiger partial charge in [-0.1, -0.05) is 32.6 Å². The standard InChI is InChI=1S/C14H28N2/c1-2-13-6-9-16(10-13)12-14(11-15)7-4-3-5-8-14/h13H,2-12,15H2,1H3. The van der Waals surface area contributed by atoms with Gasteiger partial charge in [-0.05, 0) is 43.7 Å². The molecule has 1 aliphatic heterocycles. The monoisotopic (exact) mass is 224 g/mol. The summed E-state index contributed by atoms with van der Waals surface area (Å²) in [7, 11) is 0. The van der Waals surface area contributed by atoms with Crippen molar-refractivity contribution in [3.8, 4) is 0 Å². The molecule has 1 unspecified atom stereocenters. The lowest BCUT2D eigenvalue weighted by molar-refractivity contribution is 0.124. The Balaban J connectivity index is 1.86. The molecule has 0 amide bonds. The molecule has 1 atom stereocenters. The highest BCUT2D eigenvalue weighted by atomic mass is 15.2. The molecule has 2 heteroatoms. The molecule has 2 fully saturated rings. The predicted octanol–water partition coefficient (Wildman–Crippen LogP) is 2.63. The highest BCUT2D eigenvalue weighted by molar-refractivity contribution is 4.89. The van der Waals surface area contributed by atoms with Crippen LogP contribution in [0.4, 0.5) is 0 Å². The van der Waals surface area contributed by atoms with Crippen LogP contribution in [0.2, 0.25) is 0 Å². The minimum atomic E-state index is 0.473. The Kier molecular flexibility index (Phi) is 4.26. The van der Waals surface area contributed by atoms with E-state index in [1.54, 1.807) is 0 Å². The van der Waals surface area contributed by atoms with Crippen molar-refractivity contribution in [1.82, 2.24) is 4.90 Å². The average Bonchev–Trinajstić information content (AvgIpc) is 2.78. The smallest absolute Gasteiger partial charge is 0.00502 e. The summed E-state index contributed by atoms with van der Waals surface area (Å²) >= 11 is 0. The van der Waals surface area contributed by atoms with Gasteiger partial charge in [-0.3, -0.25) is 0 Å².